The number of nitro groups is 1. The zero-order valence-electron chi connectivity index (χ0n) is 15.4. The molecule has 0 radical (unpaired) electrons. The topological polar surface area (TPSA) is 98.5 Å². The molecule has 146 valence electrons. The number of aryl methyl sites for hydroxylation is 1. The third-order valence-electron chi connectivity index (χ3n) is 4.42. The molecule has 0 aliphatic heterocycles. The van der Waals surface area contributed by atoms with Gasteiger partial charge in [0.2, 0.25) is 5.91 Å². The second-order valence-electron chi connectivity index (χ2n) is 6.31. The number of carbonyl (C=O) groups is 2. The van der Waals surface area contributed by atoms with Crippen molar-refractivity contribution in [3.8, 4) is 0 Å². The average molecular weight is 400 g/mol. The van der Waals surface area contributed by atoms with Gasteiger partial charge in [-0.05, 0) is 61.9 Å². The average Bonchev–Trinajstić information content (AvgIpc) is 3.04. The predicted molar refractivity (Wildman–Crippen MR) is 108 cm³/mol. The lowest BCUT2D eigenvalue weighted by Crippen LogP contribution is -2.14. The van der Waals surface area contributed by atoms with Crippen LogP contribution in [0.1, 0.15) is 46.1 Å². The Hall–Kier alpha value is -3.00. The Bertz CT molecular complexity index is 931. The number of amides is 1. The fraction of sp³-hybridized carbons (Fsp3) is 0.300. The third-order valence-corrected chi connectivity index (χ3v) is 5.63. The van der Waals surface area contributed by atoms with Crippen LogP contribution in [0, 0.1) is 10.1 Å². The summed E-state index contributed by atoms with van der Waals surface area (Å²) in [6, 6.07) is 5.89. The molecule has 1 N–H and O–H groups in total. The van der Waals surface area contributed by atoms with E-state index in [9.17, 15) is 19.7 Å². The number of fused-ring (bicyclic) bond motifs is 1. The van der Waals surface area contributed by atoms with Crippen molar-refractivity contribution in [1.82, 2.24) is 0 Å². The van der Waals surface area contributed by atoms with Crippen LogP contribution in [0.15, 0.2) is 30.3 Å². The second kappa shape index (κ2) is 8.79. The van der Waals surface area contributed by atoms with Crippen molar-refractivity contribution in [3.05, 3.63) is 62.0 Å². The SMILES string of the molecule is CCOC(=O)c1c(NC(=O)C=Cc2ccc([N+](=O)[O-])cc2)sc2c1CCCC2. The molecular formula is C20H20N2O5S. The number of thiophene rings is 1. The molecule has 0 saturated carbocycles. The van der Waals surface area contributed by atoms with E-state index in [1.165, 1.54) is 29.5 Å². The number of rotatable bonds is 6. The van der Waals surface area contributed by atoms with Gasteiger partial charge in [-0.25, -0.2) is 4.79 Å². The minimum Gasteiger partial charge on any atom is -0.462 e. The van der Waals surface area contributed by atoms with Gasteiger partial charge < -0.3 is 10.1 Å². The molecule has 1 aromatic heterocycles. The van der Waals surface area contributed by atoms with E-state index < -0.39 is 10.9 Å². The summed E-state index contributed by atoms with van der Waals surface area (Å²) in [6.07, 6.45) is 6.72. The Balaban J connectivity index is 1.77. The third kappa shape index (κ3) is 4.45. The van der Waals surface area contributed by atoms with Gasteiger partial charge in [-0.1, -0.05) is 0 Å². The summed E-state index contributed by atoms with van der Waals surface area (Å²) in [7, 11) is 0. The summed E-state index contributed by atoms with van der Waals surface area (Å²) in [5.41, 5.74) is 2.12. The molecule has 0 fully saturated rings. The smallest absolute Gasteiger partial charge is 0.341 e. The summed E-state index contributed by atoms with van der Waals surface area (Å²) in [5, 5.41) is 14.0. The normalized spacial score (nSPS) is 13.2. The summed E-state index contributed by atoms with van der Waals surface area (Å²) in [5.74, 6) is -0.779. The van der Waals surface area contributed by atoms with Crippen molar-refractivity contribution >= 4 is 40.0 Å². The number of non-ortho nitro benzene ring substituents is 1. The van der Waals surface area contributed by atoms with Crippen LogP contribution in [0.3, 0.4) is 0 Å². The lowest BCUT2D eigenvalue weighted by Gasteiger charge is -2.12. The number of anilines is 1. The van der Waals surface area contributed by atoms with Gasteiger partial charge in [0, 0.05) is 23.1 Å². The van der Waals surface area contributed by atoms with Gasteiger partial charge in [0.1, 0.15) is 5.00 Å². The molecule has 1 aromatic carbocycles. The van der Waals surface area contributed by atoms with E-state index in [-0.39, 0.29) is 18.2 Å². The number of esters is 1. The van der Waals surface area contributed by atoms with Gasteiger partial charge in [-0.3, -0.25) is 14.9 Å². The molecule has 7 nitrogen and oxygen atoms in total. The van der Waals surface area contributed by atoms with Gasteiger partial charge in [0.15, 0.2) is 0 Å². The number of hydrogen-bond donors (Lipinski definition) is 1. The molecule has 1 aliphatic carbocycles. The minimum absolute atomic E-state index is 0.00940. The molecule has 0 spiro atoms. The molecule has 0 saturated heterocycles. The standard InChI is InChI=1S/C20H20N2O5S/c1-2-27-20(24)18-15-5-3-4-6-16(15)28-19(18)21-17(23)12-9-13-7-10-14(11-8-13)22(25)26/h7-12H,2-6H2,1H3,(H,21,23). The van der Waals surface area contributed by atoms with Crippen LogP contribution in [0.2, 0.25) is 0 Å². The van der Waals surface area contributed by atoms with Crippen molar-refractivity contribution in [1.29, 1.82) is 0 Å². The highest BCUT2D eigenvalue weighted by molar-refractivity contribution is 7.17. The Morgan fingerprint density at radius 1 is 1.25 bits per heavy atom. The highest BCUT2D eigenvalue weighted by Crippen LogP contribution is 2.38. The zero-order valence-corrected chi connectivity index (χ0v) is 16.2. The molecule has 28 heavy (non-hydrogen) atoms. The predicted octanol–water partition coefficient (Wildman–Crippen LogP) is 4.36. The maximum atomic E-state index is 12.4. The molecule has 0 bridgehead atoms. The van der Waals surface area contributed by atoms with E-state index in [1.807, 2.05) is 0 Å². The van der Waals surface area contributed by atoms with Crippen molar-refractivity contribution in [2.75, 3.05) is 11.9 Å². The molecule has 3 rings (SSSR count). The number of nitrogens with zero attached hydrogens (tertiary/aromatic N) is 1. The molecular weight excluding hydrogens is 380 g/mol. The first kappa shape index (κ1) is 19.8. The summed E-state index contributed by atoms with van der Waals surface area (Å²) in [6.45, 7) is 2.03. The van der Waals surface area contributed by atoms with Gasteiger partial charge in [0.25, 0.3) is 5.69 Å². The Morgan fingerprint density at radius 2 is 1.96 bits per heavy atom. The van der Waals surface area contributed by atoms with Crippen LogP contribution in [-0.2, 0) is 22.4 Å². The maximum absolute atomic E-state index is 12.4. The van der Waals surface area contributed by atoms with Crippen LogP contribution >= 0.6 is 11.3 Å². The largest absolute Gasteiger partial charge is 0.462 e. The number of benzene rings is 1. The number of nitrogens with one attached hydrogen (secondary N) is 1. The van der Waals surface area contributed by atoms with E-state index in [0.717, 1.165) is 36.1 Å². The fourth-order valence-electron chi connectivity index (χ4n) is 3.11. The van der Waals surface area contributed by atoms with E-state index in [0.29, 0.717) is 16.1 Å². The molecule has 2 aromatic rings. The molecule has 1 amide bonds. The zero-order chi connectivity index (χ0) is 20.1. The van der Waals surface area contributed by atoms with E-state index in [1.54, 1.807) is 25.1 Å². The van der Waals surface area contributed by atoms with Gasteiger partial charge >= 0.3 is 5.97 Å². The molecule has 8 heteroatoms. The lowest BCUT2D eigenvalue weighted by molar-refractivity contribution is -0.384. The number of hydrogen-bond acceptors (Lipinski definition) is 6. The van der Waals surface area contributed by atoms with E-state index >= 15 is 0 Å². The van der Waals surface area contributed by atoms with Crippen LogP contribution in [-0.4, -0.2) is 23.4 Å². The first-order chi connectivity index (χ1) is 13.5. The fourth-order valence-corrected chi connectivity index (χ4v) is 4.39. The van der Waals surface area contributed by atoms with Crippen LogP contribution < -0.4 is 5.32 Å². The number of nitro benzene ring substituents is 1. The van der Waals surface area contributed by atoms with Crippen molar-refractivity contribution < 1.29 is 19.2 Å². The Kier molecular flexibility index (Phi) is 6.20. The second-order valence-corrected chi connectivity index (χ2v) is 7.41. The summed E-state index contributed by atoms with van der Waals surface area (Å²) < 4.78 is 5.18. The van der Waals surface area contributed by atoms with Crippen LogP contribution in [0.25, 0.3) is 6.08 Å². The van der Waals surface area contributed by atoms with Crippen LogP contribution in [0.5, 0.6) is 0 Å². The lowest BCUT2D eigenvalue weighted by atomic mass is 9.95. The number of ether oxygens (including phenoxy) is 1. The molecule has 0 atom stereocenters. The summed E-state index contributed by atoms with van der Waals surface area (Å²) >= 11 is 1.43. The highest BCUT2D eigenvalue weighted by Gasteiger charge is 2.26. The monoisotopic (exact) mass is 400 g/mol. The van der Waals surface area contributed by atoms with E-state index in [2.05, 4.69) is 5.32 Å². The first-order valence-corrected chi connectivity index (χ1v) is 9.86. The quantitative estimate of drug-likeness (QED) is 0.336. The van der Waals surface area contributed by atoms with Gasteiger partial charge in [0.05, 0.1) is 17.1 Å². The Labute approximate surface area is 166 Å². The molecule has 1 heterocycles. The summed E-state index contributed by atoms with van der Waals surface area (Å²) in [4.78, 5) is 36.1. The molecule has 0 unspecified atom stereocenters. The van der Waals surface area contributed by atoms with Crippen molar-refractivity contribution in [2.45, 2.75) is 32.6 Å². The van der Waals surface area contributed by atoms with Gasteiger partial charge in [-0.15, -0.1) is 11.3 Å². The number of carbonyl (C=O) groups excluding carboxylic acids is 2. The molecule has 1 aliphatic rings. The first-order valence-electron chi connectivity index (χ1n) is 9.04. The van der Waals surface area contributed by atoms with E-state index in [4.69, 9.17) is 4.74 Å². The van der Waals surface area contributed by atoms with Gasteiger partial charge in [-0.2, -0.15) is 0 Å². The maximum Gasteiger partial charge on any atom is 0.341 e. The van der Waals surface area contributed by atoms with Crippen LogP contribution in [0.4, 0.5) is 10.7 Å². The van der Waals surface area contributed by atoms with Crippen molar-refractivity contribution in [3.63, 3.8) is 0 Å². The minimum atomic E-state index is -0.477. The Morgan fingerprint density at radius 3 is 2.64 bits per heavy atom. The highest BCUT2D eigenvalue weighted by atomic mass is 32.1. The van der Waals surface area contributed by atoms with Crippen molar-refractivity contribution in [2.24, 2.45) is 0 Å².